The van der Waals surface area contributed by atoms with E-state index >= 15 is 0 Å². The van der Waals surface area contributed by atoms with Crippen LogP contribution in [0.15, 0.2) is 24.3 Å². The number of carbonyl (C=O) groups is 1. The minimum atomic E-state index is -1.58. The highest BCUT2D eigenvalue weighted by molar-refractivity contribution is 5.75. The first kappa shape index (κ1) is 16.5. The van der Waals surface area contributed by atoms with Gasteiger partial charge >= 0.3 is 5.97 Å². The molecule has 20 heavy (non-hydrogen) atoms. The molecular formula is C15H22O5. The third-order valence-electron chi connectivity index (χ3n) is 2.82. The van der Waals surface area contributed by atoms with Crippen LogP contribution >= 0.6 is 0 Å². The number of rotatable bonds is 8. The molecule has 2 N–H and O–H groups in total. The Balaban J connectivity index is 2.60. The molecule has 0 fully saturated rings. The molecule has 0 saturated carbocycles. The van der Waals surface area contributed by atoms with Gasteiger partial charge in [-0.2, -0.15) is 0 Å². The Labute approximate surface area is 119 Å². The van der Waals surface area contributed by atoms with Crippen LogP contribution in [0, 0.1) is 0 Å². The highest BCUT2D eigenvalue weighted by Gasteiger charge is 2.26. The Morgan fingerprint density at radius 1 is 1.20 bits per heavy atom. The second kappa shape index (κ2) is 8.55. The molecule has 0 amide bonds. The third-order valence-corrected chi connectivity index (χ3v) is 2.82. The van der Waals surface area contributed by atoms with E-state index in [9.17, 15) is 15.0 Å². The van der Waals surface area contributed by atoms with Crippen LogP contribution in [0.5, 0.6) is 5.75 Å². The van der Waals surface area contributed by atoms with Crippen molar-refractivity contribution in [1.29, 1.82) is 0 Å². The number of aliphatic hydroxyl groups is 2. The topological polar surface area (TPSA) is 76.0 Å². The summed E-state index contributed by atoms with van der Waals surface area (Å²) < 4.78 is 10.2. The molecule has 112 valence electrons. The van der Waals surface area contributed by atoms with Gasteiger partial charge < -0.3 is 19.7 Å². The van der Waals surface area contributed by atoms with Gasteiger partial charge in [-0.15, -0.1) is 0 Å². The Hall–Kier alpha value is -1.59. The fourth-order valence-corrected chi connectivity index (χ4v) is 1.63. The van der Waals surface area contributed by atoms with Crippen molar-refractivity contribution in [3.8, 4) is 5.75 Å². The van der Waals surface area contributed by atoms with E-state index < -0.39 is 18.2 Å². The van der Waals surface area contributed by atoms with Gasteiger partial charge in [0.2, 0.25) is 0 Å². The molecule has 0 aliphatic heterocycles. The predicted octanol–water partition coefficient (Wildman–Crippen LogP) is 1.82. The van der Waals surface area contributed by atoms with Crippen molar-refractivity contribution >= 4 is 5.97 Å². The minimum absolute atomic E-state index is 0.160. The summed E-state index contributed by atoms with van der Waals surface area (Å²) in [6, 6.07) is 6.64. The summed E-state index contributed by atoms with van der Waals surface area (Å²) in [4.78, 5) is 11.3. The number of ether oxygens (including phenoxy) is 2. The van der Waals surface area contributed by atoms with Crippen molar-refractivity contribution in [2.75, 3.05) is 13.2 Å². The molecule has 2 unspecified atom stereocenters. The lowest BCUT2D eigenvalue weighted by atomic mass is 10.0. The van der Waals surface area contributed by atoms with Gasteiger partial charge in [-0.3, -0.25) is 0 Å². The van der Waals surface area contributed by atoms with Crippen LogP contribution in [-0.2, 0) is 9.53 Å². The smallest absolute Gasteiger partial charge is 0.338 e. The van der Waals surface area contributed by atoms with Crippen LogP contribution in [0.4, 0.5) is 0 Å². The van der Waals surface area contributed by atoms with Crippen LogP contribution in [0.25, 0.3) is 0 Å². The predicted molar refractivity (Wildman–Crippen MR) is 74.4 cm³/mol. The molecule has 0 bridgehead atoms. The monoisotopic (exact) mass is 282 g/mol. The van der Waals surface area contributed by atoms with Crippen LogP contribution in [-0.4, -0.2) is 35.5 Å². The molecule has 0 radical (unpaired) electrons. The quantitative estimate of drug-likeness (QED) is 0.562. The fraction of sp³-hybridized carbons (Fsp3) is 0.533. The lowest BCUT2D eigenvalue weighted by molar-refractivity contribution is -0.159. The minimum Gasteiger partial charge on any atom is -0.494 e. The van der Waals surface area contributed by atoms with E-state index in [2.05, 4.69) is 11.7 Å². The lowest BCUT2D eigenvalue weighted by Gasteiger charge is -2.17. The fourth-order valence-electron chi connectivity index (χ4n) is 1.63. The third kappa shape index (κ3) is 4.83. The first-order valence-corrected chi connectivity index (χ1v) is 6.85. The van der Waals surface area contributed by atoms with Crippen molar-refractivity contribution in [3.05, 3.63) is 29.8 Å². The maximum Gasteiger partial charge on any atom is 0.338 e. The summed E-state index contributed by atoms with van der Waals surface area (Å²) in [7, 11) is 0. The molecule has 0 heterocycles. The second-order valence-electron chi connectivity index (χ2n) is 4.41. The molecule has 1 aromatic rings. The molecule has 5 nitrogen and oxygen atoms in total. The first-order chi connectivity index (χ1) is 9.60. The van der Waals surface area contributed by atoms with E-state index in [1.165, 1.54) is 0 Å². The van der Waals surface area contributed by atoms with E-state index in [1.54, 1.807) is 31.2 Å². The summed E-state index contributed by atoms with van der Waals surface area (Å²) in [5.74, 6) is -0.136. The first-order valence-electron chi connectivity index (χ1n) is 6.85. The molecule has 2 atom stereocenters. The van der Waals surface area contributed by atoms with Gasteiger partial charge in [0.15, 0.2) is 6.10 Å². The van der Waals surface area contributed by atoms with Crippen molar-refractivity contribution < 1.29 is 24.5 Å². The highest BCUT2D eigenvalue weighted by Crippen LogP contribution is 2.21. The van der Waals surface area contributed by atoms with Gasteiger partial charge in [0.25, 0.3) is 0 Å². The summed E-state index contributed by atoms with van der Waals surface area (Å²) in [5.41, 5.74) is 0.438. The molecule has 1 rings (SSSR count). The number of hydrogen-bond donors (Lipinski definition) is 2. The van der Waals surface area contributed by atoms with Gasteiger partial charge in [0.1, 0.15) is 11.9 Å². The summed E-state index contributed by atoms with van der Waals surface area (Å²) in [6.45, 7) is 4.52. The maximum absolute atomic E-state index is 11.3. The van der Waals surface area contributed by atoms with E-state index in [-0.39, 0.29) is 6.61 Å². The number of unbranched alkanes of at least 4 members (excludes halogenated alkanes) is 1. The number of benzene rings is 1. The van der Waals surface area contributed by atoms with Crippen molar-refractivity contribution in [2.24, 2.45) is 0 Å². The summed E-state index contributed by atoms with van der Waals surface area (Å²) in [5, 5.41) is 19.6. The zero-order chi connectivity index (χ0) is 15.0. The van der Waals surface area contributed by atoms with Gasteiger partial charge in [-0.05, 0) is 31.0 Å². The molecule has 0 aromatic heterocycles. The second-order valence-corrected chi connectivity index (χ2v) is 4.41. The average molecular weight is 282 g/mol. The van der Waals surface area contributed by atoms with E-state index in [1.807, 2.05) is 0 Å². The van der Waals surface area contributed by atoms with Gasteiger partial charge in [0.05, 0.1) is 13.2 Å². The summed E-state index contributed by atoms with van der Waals surface area (Å²) >= 11 is 0. The van der Waals surface area contributed by atoms with Crippen LogP contribution in [0.2, 0.25) is 0 Å². The highest BCUT2D eigenvalue weighted by atomic mass is 16.5. The van der Waals surface area contributed by atoms with Crippen LogP contribution in [0.1, 0.15) is 38.4 Å². The number of aliphatic hydroxyl groups excluding tert-OH is 2. The zero-order valence-corrected chi connectivity index (χ0v) is 11.9. The number of hydrogen-bond acceptors (Lipinski definition) is 5. The van der Waals surface area contributed by atoms with Gasteiger partial charge in [-0.25, -0.2) is 4.79 Å². The normalized spacial score (nSPS) is 13.6. The van der Waals surface area contributed by atoms with Crippen molar-refractivity contribution in [2.45, 2.75) is 38.9 Å². The molecule has 0 spiro atoms. The Kier molecular flexibility index (Phi) is 7.04. The SMILES string of the molecule is CCCCOc1ccc(C(O)C(O)C(=O)OCC)cc1. The standard InChI is InChI=1S/C15H22O5/c1-3-5-10-20-12-8-6-11(7-9-12)13(16)14(17)15(18)19-4-2/h6-9,13-14,16-17H,3-5,10H2,1-2H3. The molecule has 0 saturated heterocycles. The van der Waals surface area contributed by atoms with E-state index in [0.717, 1.165) is 12.8 Å². The van der Waals surface area contributed by atoms with E-state index in [0.29, 0.717) is 17.9 Å². The maximum atomic E-state index is 11.3. The van der Waals surface area contributed by atoms with Crippen molar-refractivity contribution in [3.63, 3.8) is 0 Å². The van der Waals surface area contributed by atoms with Crippen molar-refractivity contribution in [1.82, 2.24) is 0 Å². The Morgan fingerprint density at radius 3 is 2.40 bits per heavy atom. The molecule has 1 aromatic carbocycles. The Bertz CT molecular complexity index is 401. The molecule has 5 heteroatoms. The Morgan fingerprint density at radius 2 is 1.85 bits per heavy atom. The van der Waals surface area contributed by atoms with Crippen LogP contribution in [0.3, 0.4) is 0 Å². The molecule has 0 aliphatic rings. The molecule has 0 aliphatic carbocycles. The van der Waals surface area contributed by atoms with Gasteiger partial charge in [0, 0.05) is 0 Å². The average Bonchev–Trinajstić information content (AvgIpc) is 2.47. The zero-order valence-electron chi connectivity index (χ0n) is 11.9. The lowest BCUT2D eigenvalue weighted by Crippen LogP contribution is -2.29. The summed E-state index contributed by atoms with van der Waals surface area (Å²) in [6.07, 6.45) is -0.852. The van der Waals surface area contributed by atoms with Gasteiger partial charge in [-0.1, -0.05) is 25.5 Å². The molecular weight excluding hydrogens is 260 g/mol. The van der Waals surface area contributed by atoms with Crippen LogP contribution < -0.4 is 4.74 Å². The number of esters is 1. The largest absolute Gasteiger partial charge is 0.494 e. The number of carbonyl (C=O) groups excluding carboxylic acids is 1. The van der Waals surface area contributed by atoms with E-state index in [4.69, 9.17) is 4.74 Å².